The average Bonchev–Trinajstić information content (AvgIpc) is 2.72. The number of thioether (sulfide) groups is 1. The molecule has 0 aliphatic carbocycles. The van der Waals surface area contributed by atoms with Crippen molar-refractivity contribution in [1.29, 1.82) is 0 Å². The van der Waals surface area contributed by atoms with E-state index in [1.807, 2.05) is 6.92 Å². The number of carbonyl (C=O) groups excluding carboxylic acids is 1. The summed E-state index contributed by atoms with van der Waals surface area (Å²) < 4.78 is 35.7. The highest BCUT2D eigenvalue weighted by atomic mass is 32.2. The Morgan fingerprint density at radius 3 is 2.85 bits per heavy atom. The summed E-state index contributed by atoms with van der Waals surface area (Å²) in [6, 6.07) is 1.66. The second-order valence-corrected chi connectivity index (χ2v) is 5.89. The molecule has 1 rings (SSSR count). The Morgan fingerprint density at radius 2 is 2.25 bits per heavy atom. The lowest BCUT2D eigenvalue weighted by molar-refractivity contribution is -0.0327. The van der Waals surface area contributed by atoms with E-state index in [0.717, 1.165) is 10.4 Å². The van der Waals surface area contributed by atoms with Gasteiger partial charge in [-0.3, -0.25) is 4.79 Å². The molecule has 1 amide bonds. The van der Waals surface area contributed by atoms with Gasteiger partial charge in [-0.15, -0.1) is 11.3 Å². The van der Waals surface area contributed by atoms with E-state index < -0.39 is 5.51 Å². The molecule has 3 N–H and O–H groups in total. The molecule has 0 saturated carbocycles. The molecule has 0 atom stereocenters. The lowest BCUT2D eigenvalue weighted by Crippen LogP contribution is -2.25. The van der Waals surface area contributed by atoms with Gasteiger partial charge in [-0.25, -0.2) is 0 Å². The molecule has 20 heavy (non-hydrogen) atoms. The van der Waals surface area contributed by atoms with Crippen LogP contribution >= 0.6 is 23.1 Å². The topological polar surface area (TPSA) is 55.1 Å². The molecule has 110 valence electrons. The monoisotopic (exact) mass is 322 g/mol. The van der Waals surface area contributed by atoms with E-state index in [2.05, 4.69) is 17.2 Å². The number of nitrogens with two attached hydrogens (primary N) is 1. The summed E-state index contributed by atoms with van der Waals surface area (Å²) in [6.45, 7) is 2.00. The van der Waals surface area contributed by atoms with Crippen molar-refractivity contribution in [3.8, 4) is 11.8 Å². The Kier molecular flexibility index (Phi) is 6.39. The normalized spacial score (nSPS) is 10.8. The van der Waals surface area contributed by atoms with Crippen molar-refractivity contribution in [3.63, 3.8) is 0 Å². The zero-order valence-electron chi connectivity index (χ0n) is 10.6. The number of thiophene rings is 1. The van der Waals surface area contributed by atoms with Crippen LogP contribution in [0.3, 0.4) is 0 Å². The van der Waals surface area contributed by atoms with Crippen LogP contribution in [0.25, 0.3) is 0 Å². The number of nitrogens with one attached hydrogen (secondary N) is 1. The predicted molar refractivity (Wildman–Crippen MR) is 75.8 cm³/mol. The van der Waals surface area contributed by atoms with E-state index in [1.54, 1.807) is 6.07 Å². The quantitative estimate of drug-likeness (QED) is 0.661. The number of rotatable bonds is 4. The molecule has 8 heteroatoms. The number of alkyl halides is 3. The molecule has 0 radical (unpaired) electrons. The molecule has 1 heterocycles. The second kappa shape index (κ2) is 7.57. The summed E-state index contributed by atoms with van der Waals surface area (Å²) in [4.78, 5) is 12.9. The predicted octanol–water partition coefficient (Wildman–Crippen LogP) is 2.35. The van der Waals surface area contributed by atoms with E-state index in [1.165, 1.54) is 11.3 Å². The Morgan fingerprint density at radius 1 is 1.55 bits per heavy atom. The lowest BCUT2D eigenvalue weighted by atomic mass is 10.2. The van der Waals surface area contributed by atoms with Gasteiger partial charge >= 0.3 is 5.51 Å². The number of halogens is 3. The highest BCUT2D eigenvalue weighted by molar-refractivity contribution is 8.00. The Hall–Kier alpha value is -1.17. The van der Waals surface area contributed by atoms with Crippen LogP contribution in [0.4, 0.5) is 13.2 Å². The third-order valence-corrected chi connectivity index (χ3v) is 3.99. The van der Waals surface area contributed by atoms with Crippen molar-refractivity contribution in [1.82, 2.24) is 5.32 Å². The van der Waals surface area contributed by atoms with Crippen LogP contribution in [0.2, 0.25) is 0 Å². The van der Waals surface area contributed by atoms with Crippen molar-refractivity contribution >= 4 is 29.0 Å². The van der Waals surface area contributed by atoms with Crippen molar-refractivity contribution in [2.24, 2.45) is 5.73 Å². The molecule has 0 aliphatic heterocycles. The van der Waals surface area contributed by atoms with Crippen molar-refractivity contribution in [2.75, 3.05) is 18.8 Å². The first-order valence-electron chi connectivity index (χ1n) is 5.61. The SMILES string of the molecule is Cc1cc(C(=O)NCCSC(F)(F)F)sc1C#CCN. The van der Waals surface area contributed by atoms with Crippen LogP contribution in [0, 0.1) is 18.8 Å². The number of amides is 1. The highest BCUT2D eigenvalue weighted by Crippen LogP contribution is 2.29. The third-order valence-electron chi connectivity index (χ3n) is 2.10. The minimum Gasteiger partial charge on any atom is -0.351 e. The Labute approximate surface area is 123 Å². The van der Waals surface area contributed by atoms with Crippen LogP contribution < -0.4 is 11.1 Å². The number of aryl methyl sites for hydroxylation is 1. The minimum absolute atomic E-state index is 0.0379. The number of hydrogen-bond acceptors (Lipinski definition) is 4. The average molecular weight is 322 g/mol. The summed E-state index contributed by atoms with van der Waals surface area (Å²) in [6.07, 6.45) is 0. The molecule has 0 aliphatic rings. The van der Waals surface area contributed by atoms with E-state index in [9.17, 15) is 18.0 Å². The van der Waals surface area contributed by atoms with Crippen LogP contribution in [-0.2, 0) is 0 Å². The van der Waals surface area contributed by atoms with Gasteiger partial charge in [0.25, 0.3) is 5.91 Å². The summed E-state index contributed by atoms with van der Waals surface area (Å²) >= 11 is 1.04. The molecule has 0 bridgehead atoms. The molecule has 0 aromatic carbocycles. The summed E-state index contributed by atoms with van der Waals surface area (Å²) in [5, 5.41) is 2.45. The van der Waals surface area contributed by atoms with Gasteiger partial charge in [0.2, 0.25) is 0 Å². The second-order valence-electron chi connectivity index (χ2n) is 3.68. The fourth-order valence-electron chi connectivity index (χ4n) is 1.27. The van der Waals surface area contributed by atoms with Gasteiger partial charge in [-0.05, 0) is 30.3 Å². The smallest absolute Gasteiger partial charge is 0.351 e. The van der Waals surface area contributed by atoms with Gasteiger partial charge in [0.05, 0.1) is 16.3 Å². The van der Waals surface area contributed by atoms with Crippen LogP contribution in [-0.4, -0.2) is 30.3 Å². The maximum Gasteiger partial charge on any atom is 0.441 e. The van der Waals surface area contributed by atoms with Gasteiger partial charge in [0.15, 0.2) is 0 Å². The van der Waals surface area contributed by atoms with Crippen LogP contribution in [0.15, 0.2) is 6.07 Å². The van der Waals surface area contributed by atoms with E-state index in [0.29, 0.717) is 4.88 Å². The lowest BCUT2D eigenvalue weighted by Gasteiger charge is -2.05. The maximum atomic E-state index is 11.9. The third kappa shape index (κ3) is 5.86. The molecule has 0 spiro atoms. The van der Waals surface area contributed by atoms with Gasteiger partial charge in [-0.1, -0.05) is 11.8 Å². The van der Waals surface area contributed by atoms with Gasteiger partial charge < -0.3 is 11.1 Å². The zero-order chi connectivity index (χ0) is 15.2. The van der Waals surface area contributed by atoms with Crippen LogP contribution in [0.5, 0.6) is 0 Å². The largest absolute Gasteiger partial charge is 0.441 e. The maximum absolute atomic E-state index is 11.9. The number of carbonyl (C=O) groups is 1. The molecule has 1 aromatic heterocycles. The molecule has 1 aromatic rings. The fourth-order valence-corrected chi connectivity index (χ4v) is 2.67. The zero-order valence-corrected chi connectivity index (χ0v) is 12.3. The van der Waals surface area contributed by atoms with Crippen molar-refractivity contribution < 1.29 is 18.0 Å². The highest BCUT2D eigenvalue weighted by Gasteiger charge is 2.27. The first-order chi connectivity index (χ1) is 9.33. The molecular formula is C12H13F3N2OS2. The van der Waals surface area contributed by atoms with E-state index in [-0.39, 0.29) is 36.5 Å². The number of hydrogen-bond donors (Lipinski definition) is 2. The first-order valence-corrected chi connectivity index (χ1v) is 7.42. The molecule has 3 nitrogen and oxygen atoms in total. The standard InChI is InChI=1S/C12H13F3N2OS2/c1-8-7-10(20-9(8)3-2-4-16)11(18)17-5-6-19-12(13,14)15/h7H,4-6,16H2,1H3,(H,17,18). The van der Waals surface area contributed by atoms with Gasteiger partial charge in [0, 0.05) is 12.3 Å². The van der Waals surface area contributed by atoms with Crippen molar-refractivity contribution in [2.45, 2.75) is 12.4 Å². The van der Waals surface area contributed by atoms with Crippen LogP contribution in [0.1, 0.15) is 20.1 Å². The molecular weight excluding hydrogens is 309 g/mol. The molecule has 0 saturated heterocycles. The Balaban J connectivity index is 2.52. The van der Waals surface area contributed by atoms with Gasteiger partial charge in [0.1, 0.15) is 0 Å². The summed E-state index contributed by atoms with van der Waals surface area (Å²) in [5.74, 6) is 4.94. The van der Waals surface area contributed by atoms with Gasteiger partial charge in [-0.2, -0.15) is 13.2 Å². The molecule has 0 unspecified atom stereocenters. The fraction of sp³-hybridized carbons (Fsp3) is 0.417. The van der Waals surface area contributed by atoms with E-state index >= 15 is 0 Å². The Bertz CT molecular complexity index is 529. The summed E-state index contributed by atoms with van der Waals surface area (Å²) in [7, 11) is 0. The minimum atomic E-state index is -4.27. The van der Waals surface area contributed by atoms with Crippen molar-refractivity contribution in [3.05, 3.63) is 21.4 Å². The first kappa shape index (κ1) is 16.9. The molecule has 0 fully saturated rings. The van der Waals surface area contributed by atoms with E-state index in [4.69, 9.17) is 5.73 Å². The summed E-state index contributed by atoms with van der Waals surface area (Å²) in [5.41, 5.74) is 1.85.